The summed E-state index contributed by atoms with van der Waals surface area (Å²) in [6.45, 7) is 4.08. The number of carbonyl (C=O) groups is 1. The molecule has 2 heterocycles. The molecule has 0 saturated heterocycles. The largest absolute Gasteiger partial charge is 0.493 e. The number of nitrogens with one attached hydrogen (secondary N) is 1. The third kappa shape index (κ3) is 6.56. The van der Waals surface area contributed by atoms with Gasteiger partial charge in [0.25, 0.3) is 11.5 Å². The Labute approximate surface area is 304 Å². The molecule has 0 bridgehead atoms. The molecule has 0 spiro atoms. The maximum atomic E-state index is 14.4. The van der Waals surface area contributed by atoms with Crippen molar-refractivity contribution in [2.45, 2.75) is 26.5 Å². The predicted octanol–water partition coefficient (Wildman–Crippen LogP) is 6.94. The Kier molecular flexibility index (Phi) is 9.65. The smallest absolute Gasteiger partial charge is 0.271 e. The first-order valence-electron chi connectivity index (χ1n) is 16.7. The molecule has 0 saturated carbocycles. The molecule has 1 N–H and O–H groups in total. The van der Waals surface area contributed by atoms with Crippen molar-refractivity contribution in [3.63, 3.8) is 0 Å². The number of fused-ring (bicyclic) bond motifs is 2. The monoisotopic (exact) mass is 711 g/mol. The van der Waals surface area contributed by atoms with Gasteiger partial charge in [0, 0.05) is 5.69 Å². The molecule has 1 aliphatic rings. The fourth-order valence-corrected chi connectivity index (χ4v) is 7.52. The second-order valence-corrected chi connectivity index (χ2v) is 13.3. The Morgan fingerprint density at radius 1 is 0.827 bits per heavy atom. The summed E-state index contributed by atoms with van der Waals surface area (Å²) >= 11 is 1.26. The van der Waals surface area contributed by atoms with Crippen molar-refractivity contribution in [2.75, 3.05) is 26.6 Å². The summed E-state index contributed by atoms with van der Waals surface area (Å²) in [4.78, 5) is 33.7. The molecule has 5 aromatic carbocycles. The van der Waals surface area contributed by atoms with Gasteiger partial charge in [-0.05, 0) is 83.3 Å². The number of hydrogen-bond donors (Lipinski definition) is 1. The van der Waals surface area contributed by atoms with Crippen molar-refractivity contribution in [3.05, 3.63) is 156 Å². The Morgan fingerprint density at radius 3 is 2.33 bits per heavy atom. The Bertz CT molecular complexity index is 2550. The number of thiazole rings is 1. The number of methoxy groups -OCH3 is 3. The van der Waals surface area contributed by atoms with Gasteiger partial charge >= 0.3 is 0 Å². The molecule has 7 rings (SSSR count). The lowest BCUT2D eigenvalue weighted by atomic mass is 9.94. The highest BCUT2D eigenvalue weighted by Crippen LogP contribution is 2.36. The third-order valence-corrected chi connectivity index (χ3v) is 10.1. The minimum Gasteiger partial charge on any atom is -0.493 e. The predicted molar refractivity (Wildman–Crippen MR) is 204 cm³/mol. The molecule has 0 radical (unpaired) electrons. The molecule has 9 nitrogen and oxygen atoms in total. The molecule has 1 atom stereocenters. The molecule has 1 aliphatic heterocycles. The van der Waals surface area contributed by atoms with Crippen molar-refractivity contribution in [3.8, 4) is 23.0 Å². The van der Waals surface area contributed by atoms with E-state index in [-0.39, 0.29) is 11.5 Å². The summed E-state index contributed by atoms with van der Waals surface area (Å²) in [6, 6.07) is 32.1. The number of aryl methyl sites for hydroxylation is 1. The van der Waals surface area contributed by atoms with Crippen LogP contribution in [0.3, 0.4) is 0 Å². The van der Waals surface area contributed by atoms with Crippen molar-refractivity contribution in [2.24, 2.45) is 4.99 Å². The van der Waals surface area contributed by atoms with Gasteiger partial charge in [0.1, 0.15) is 6.61 Å². The van der Waals surface area contributed by atoms with Crippen molar-refractivity contribution >= 4 is 39.8 Å². The Morgan fingerprint density at radius 2 is 1.54 bits per heavy atom. The van der Waals surface area contributed by atoms with E-state index in [2.05, 4.69) is 29.6 Å². The fourth-order valence-electron chi connectivity index (χ4n) is 6.47. The van der Waals surface area contributed by atoms with Crippen LogP contribution in [-0.2, 0) is 11.4 Å². The zero-order valence-electron chi connectivity index (χ0n) is 29.4. The van der Waals surface area contributed by atoms with E-state index in [0.717, 1.165) is 27.5 Å². The third-order valence-electron chi connectivity index (χ3n) is 9.13. The summed E-state index contributed by atoms with van der Waals surface area (Å²) in [5.41, 5.74) is 4.64. The van der Waals surface area contributed by atoms with Crippen LogP contribution >= 0.6 is 11.3 Å². The van der Waals surface area contributed by atoms with E-state index < -0.39 is 6.04 Å². The lowest BCUT2D eigenvalue weighted by Crippen LogP contribution is -2.40. The number of allylic oxidation sites excluding steroid dienone is 1. The average Bonchev–Trinajstić information content (AvgIpc) is 3.47. The number of rotatable bonds is 10. The van der Waals surface area contributed by atoms with Crippen LogP contribution in [0.15, 0.2) is 124 Å². The summed E-state index contributed by atoms with van der Waals surface area (Å²) in [7, 11) is 4.70. The molecule has 1 amide bonds. The van der Waals surface area contributed by atoms with Crippen LogP contribution in [0.5, 0.6) is 23.0 Å². The highest BCUT2D eigenvalue weighted by molar-refractivity contribution is 7.07. The first-order chi connectivity index (χ1) is 25.3. The molecule has 0 fully saturated rings. The lowest BCUT2D eigenvalue weighted by molar-refractivity contribution is -0.113. The van der Waals surface area contributed by atoms with Gasteiger partial charge in [-0.3, -0.25) is 14.2 Å². The molecule has 52 heavy (non-hydrogen) atoms. The Hall–Kier alpha value is -6.13. The molecule has 262 valence electrons. The molecular formula is C42H37N3O6S. The lowest BCUT2D eigenvalue weighted by Gasteiger charge is -2.26. The summed E-state index contributed by atoms with van der Waals surface area (Å²) in [5, 5.41) is 5.33. The van der Waals surface area contributed by atoms with Crippen LogP contribution in [-0.4, -0.2) is 31.8 Å². The SMILES string of the molecule is COc1ccc([C@@H]2C(C(=O)Nc3ccccc3C)=C(C)N=c3s/c(=C/c4ccc(OCc5cccc6ccccc56)c(OC)c4)c(=O)n32)cc1OC. The van der Waals surface area contributed by atoms with Gasteiger partial charge in [0.05, 0.1) is 43.2 Å². The van der Waals surface area contributed by atoms with E-state index in [4.69, 9.17) is 23.9 Å². The van der Waals surface area contributed by atoms with E-state index in [1.165, 1.54) is 11.3 Å². The quantitative estimate of drug-likeness (QED) is 0.165. The van der Waals surface area contributed by atoms with Crippen LogP contribution in [0.25, 0.3) is 16.8 Å². The number of nitrogens with zero attached hydrogens (tertiary/aromatic N) is 2. The minimum absolute atomic E-state index is 0.285. The van der Waals surface area contributed by atoms with E-state index in [1.54, 1.807) is 51.0 Å². The van der Waals surface area contributed by atoms with E-state index in [9.17, 15) is 9.59 Å². The number of aromatic nitrogens is 1. The van der Waals surface area contributed by atoms with Crippen LogP contribution in [0, 0.1) is 6.92 Å². The number of amides is 1. The number of para-hydroxylation sites is 1. The fraction of sp³-hybridized carbons (Fsp3) is 0.167. The zero-order valence-corrected chi connectivity index (χ0v) is 30.2. The van der Waals surface area contributed by atoms with Crippen molar-refractivity contribution < 1.29 is 23.7 Å². The normalized spacial score (nSPS) is 14.1. The second-order valence-electron chi connectivity index (χ2n) is 12.3. The number of ether oxygens (including phenoxy) is 4. The topological polar surface area (TPSA) is 100 Å². The van der Waals surface area contributed by atoms with E-state index >= 15 is 0 Å². The number of benzene rings is 5. The van der Waals surface area contributed by atoms with Crippen molar-refractivity contribution in [1.82, 2.24) is 4.57 Å². The molecule has 0 unspecified atom stereocenters. The molecule has 1 aromatic heterocycles. The van der Waals surface area contributed by atoms with E-state index in [0.29, 0.717) is 61.5 Å². The summed E-state index contributed by atoms with van der Waals surface area (Å²) in [6.07, 6.45) is 1.80. The highest BCUT2D eigenvalue weighted by Gasteiger charge is 2.33. The maximum Gasteiger partial charge on any atom is 0.271 e. The van der Waals surface area contributed by atoms with Gasteiger partial charge in [-0.15, -0.1) is 0 Å². The molecule has 6 aromatic rings. The standard InChI is InChI=1S/C42H37N3O6S/c1-25-11-6-9-16-32(25)44-40(46)38-26(2)43-42-45(39(38)29-18-20-33(48-3)36(23-29)50-5)41(47)37(52-42)22-27-17-19-34(35(21-27)49-4)51-24-30-14-10-13-28-12-7-8-15-31(28)30/h6-23,39H,24H2,1-5H3,(H,44,46)/b37-22+/t39-/m1/s1. The van der Waals surface area contributed by atoms with Crippen LogP contribution in [0.1, 0.15) is 35.2 Å². The number of carbonyl (C=O) groups excluding carboxylic acids is 1. The summed E-state index contributed by atoms with van der Waals surface area (Å²) in [5.74, 6) is 1.78. The average molecular weight is 712 g/mol. The second kappa shape index (κ2) is 14.6. The van der Waals surface area contributed by atoms with Crippen LogP contribution < -0.4 is 39.2 Å². The van der Waals surface area contributed by atoms with Gasteiger partial charge in [-0.25, -0.2) is 4.99 Å². The van der Waals surface area contributed by atoms with Gasteiger partial charge < -0.3 is 24.3 Å². The molecule has 0 aliphatic carbocycles. The number of hydrogen-bond acceptors (Lipinski definition) is 8. The van der Waals surface area contributed by atoms with Gasteiger partial charge in [0.2, 0.25) is 0 Å². The maximum absolute atomic E-state index is 14.4. The van der Waals surface area contributed by atoms with Gasteiger partial charge in [-0.1, -0.05) is 84.1 Å². The first-order valence-corrected chi connectivity index (χ1v) is 17.5. The summed E-state index contributed by atoms with van der Waals surface area (Å²) < 4.78 is 25.1. The first kappa shape index (κ1) is 34.3. The van der Waals surface area contributed by atoms with Gasteiger partial charge in [-0.2, -0.15) is 0 Å². The molecule has 10 heteroatoms. The highest BCUT2D eigenvalue weighted by atomic mass is 32.1. The molecular weight excluding hydrogens is 675 g/mol. The van der Waals surface area contributed by atoms with Crippen LogP contribution in [0.2, 0.25) is 0 Å². The minimum atomic E-state index is -0.790. The van der Waals surface area contributed by atoms with Crippen LogP contribution in [0.4, 0.5) is 5.69 Å². The van der Waals surface area contributed by atoms with E-state index in [1.807, 2.05) is 73.7 Å². The van der Waals surface area contributed by atoms with Gasteiger partial charge in [0.15, 0.2) is 27.8 Å². The van der Waals surface area contributed by atoms with Crippen molar-refractivity contribution in [1.29, 1.82) is 0 Å². The number of anilines is 1. The Balaban J connectivity index is 1.27. The zero-order chi connectivity index (χ0) is 36.4.